The predicted octanol–water partition coefficient (Wildman–Crippen LogP) is 0.872. The molecule has 1 aromatic carbocycles. The van der Waals surface area contributed by atoms with Crippen LogP contribution in [0.2, 0.25) is 0 Å². The third kappa shape index (κ3) is 2.61. The summed E-state index contributed by atoms with van der Waals surface area (Å²) in [7, 11) is 0. The molecule has 1 atom stereocenters. The van der Waals surface area contributed by atoms with Crippen LogP contribution in [0.25, 0.3) is 0 Å². The number of piperidine rings is 1. The molecule has 1 unspecified atom stereocenters. The number of benzene rings is 1. The van der Waals surface area contributed by atoms with Gasteiger partial charge < -0.3 is 20.7 Å². The maximum Gasteiger partial charge on any atom is 0.262 e. The van der Waals surface area contributed by atoms with Crippen molar-refractivity contribution < 1.29 is 19.1 Å². The van der Waals surface area contributed by atoms with Gasteiger partial charge in [0.1, 0.15) is 11.4 Å². The minimum Gasteiger partial charge on any atom is -0.481 e. The third-order valence-corrected chi connectivity index (χ3v) is 4.00. The van der Waals surface area contributed by atoms with Crippen LogP contribution in [0.4, 0.5) is 11.4 Å². The lowest BCUT2D eigenvalue weighted by molar-refractivity contribution is -0.134. The van der Waals surface area contributed by atoms with Crippen molar-refractivity contribution in [3.05, 3.63) is 18.2 Å². The molecule has 2 aliphatic heterocycles. The fourth-order valence-corrected chi connectivity index (χ4v) is 2.65. The highest BCUT2D eigenvalue weighted by molar-refractivity contribution is 6.05. The lowest BCUT2D eigenvalue weighted by Crippen LogP contribution is -2.45. The van der Waals surface area contributed by atoms with Crippen molar-refractivity contribution in [3.8, 4) is 5.75 Å². The molecule has 2 heterocycles. The van der Waals surface area contributed by atoms with E-state index in [2.05, 4.69) is 16.0 Å². The van der Waals surface area contributed by atoms with E-state index in [1.165, 1.54) is 0 Å². The Labute approximate surface area is 127 Å². The zero-order valence-electron chi connectivity index (χ0n) is 12.2. The van der Waals surface area contributed by atoms with E-state index in [4.69, 9.17) is 4.74 Å². The fourth-order valence-electron chi connectivity index (χ4n) is 2.65. The van der Waals surface area contributed by atoms with Gasteiger partial charge in [-0.2, -0.15) is 0 Å². The van der Waals surface area contributed by atoms with Crippen LogP contribution < -0.4 is 20.7 Å². The number of anilines is 2. The van der Waals surface area contributed by atoms with E-state index in [1.807, 2.05) is 0 Å². The molecule has 22 heavy (non-hydrogen) atoms. The number of nitrogens with one attached hydrogen (secondary N) is 3. The van der Waals surface area contributed by atoms with E-state index in [9.17, 15) is 14.4 Å². The molecule has 0 saturated carbocycles. The van der Waals surface area contributed by atoms with Crippen LogP contribution in [-0.2, 0) is 14.4 Å². The van der Waals surface area contributed by atoms with Crippen molar-refractivity contribution in [2.45, 2.75) is 19.8 Å². The molecule has 0 radical (unpaired) electrons. The average Bonchev–Trinajstić information content (AvgIpc) is 2.47. The van der Waals surface area contributed by atoms with Crippen LogP contribution in [0, 0.1) is 5.41 Å². The minimum absolute atomic E-state index is 0.0394. The van der Waals surface area contributed by atoms with Crippen molar-refractivity contribution in [2.24, 2.45) is 5.41 Å². The van der Waals surface area contributed by atoms with Gasteiger partial charge in [-0.15, -0.1) is 0 Å². The molecule has 1 aromatic rings. The molecule has 0 spiro atoms. The normalized spacial score (nSPS) is 23.7. The second-order valence-corrected chi connectivity index (χ2v) is 5.81. The van der Waals surface area contributed by atoms with Crippen LogP contribution in [0.1, 0.15) is 19.8 Å². The molecule has 0 aliphatic carbocycles. The van der Waals surface area contributed by atoms with Crippen LogP contribution in [0.3, 0.4) is 0 Å². The Morgan fingerprint density at radius 1 is 1.32 bits per heavy atom. The second kappa shape index (κ2) is 5.32. The Morgan fingerprint density at radius 3 is 2.91 bits per heavy atom. The lowest BCUT2D eigenvalue weighted by Gasteiger charge is -2.32. The number of hydrogen-bond acceptors (Lipinski definition) is 4. The summed E-state index contributed by atoms with van der Waals surface area (Å²) in [5.74, 6) is -0.118. The molecule has 2 aliphatic rings. The molecule has 0 bridgehead atoms. The Kier molecular flexibility index (Phi) is 3.48. The molecule has 3 amide bonds. The van der Waals surface area contributed by atoms with Gasteiger partial charge in [0.25, 0.3) is 5.91 Å². The van der Waals surface area contributed by atoms with Gasteiger partial charge in [0.05, 0.1) is 11.1 Å². The predicted molar refractivity (Wildman–Crippen MR) is 79.5 cm³/mol. The third-order valence-electron chi connectivity index (χ3n) is 4.00. The zero-order valence-corrected chi connectivity index (χ0v) is 12.2. The quantitative estimate of drug-likeness (QED) is 0.755. The minimum atomic E-state index is -0.759. The standard InChI is InChI=1S/C15H17N3O4/c1-15(5-6-16-11(19)7-15)14(21)17-9-3-2-4-10-13(9)18-12(20)8-22-10/h2-4H,5-8H2,1H3,(H,16,19)(H,17,21)(H,18,20). The van der Waals surface area contributed by atoms with Crippen molar-refractivity contribution in [2.75, 3.05) is 23.8 Å². The number of carbonyl (C=O) groups excluding carboxylic acids is 3. The first-order valence-electron chi connectivity index (χ1n) is 7.12. The van der Waals surface area contributed by atoms with Crippen LogP contribution in [0.5, 0.6) is 5.75 Å². The number of para-hydroxylation sites is 1. The van der Waals surface area contributed by atoms with Crippen molar-refractivity contribution >= 4 is 29.1 Å². The van der Waals surface area contributed by atoms with Gasteiger partial charge in [-0.1, -0.05) is 13.0 Å². The largest absolute Gasteiger partial charge is 0.481 e. The molecule has 1 fully saturated rings. The van der Waals surface area contributed by atoms with Gasteiger partial charge in [-0.3, -0.25) is 14.4 Å². The van der Waals surface area contributed by atoms with Crippen molar-refractivity contribution in [1.29, 1.82) is 0 Å². The highest BCUT2D eigenvalue weighted by Gasteiger charge is 2.38. The smallest absolute Gasteiger partial charge is 0.262 e. The second-order valence-electron chi connectivity index (χ2n) is 5.81. The zero-order chi connectivity index (χ0) is 15.7. The maximum absolute atomic E-state index is 12.6. The summed E-state index contributed by atoms with van der Waals surface area (Å²) in [5.41, 5.74) is 0.170. The fraction of sp³-hybridized carbons (Fsp3) is 0.400. The van der Waals surface area contributed by atoms with E-state index in [-0.39, 0.29) is 30.7 Å². The summed E-state index contributed by atoms with van der Waals surface area (Å²) >= 11 is 0. The SMILES string of the molecule is CC1(C(=O)Nc2cccc3c2NC(=O)CO3)CCNC(=O)C1. The number of ether oxygens (including phenoxy) is 1. The number of rotatable bonds is 2. The summed E-state index contributed by atoms with van der Waals surface area (Å²) in [6.45, 7) is 2.21. The molecule has 116 valence electrons. The Hall–Kier alpha value is -2.57. The summed E-state index contributed by atoms with van der Waals surface area (Å²) < 4.78 is 5.32. The number of fused-ring (bicyclic) bond motifs is 1. The number of carbonyl (C=O) groups is 3. The van der Waals surface area contributed by atoms with Crippen LogP contribution >= 0.6 is 0 Å². The summed E-state index contributed by atoms with van der Waals surface area (Å²) in [6, 6.07) is 5.15. The first-order chi connectivity index (χ1) is 10.5. The Bertz CT molecular complexity index is 658. The first-order valence-corrected chi connectivity index (χ1v) is 7.12. The lowest BCUT2D eigenvalue weighted by atomic mass is 9.79. The van der Waals surface area contributed by atoms with E-state index in [0.717, 1.165) is 0 Å². The summed E-state index contributed by atoms with van der Waals surface area (Å²) in [4.78, 5) is 35.6. The molecule has 7 nitrogen and oxygen atoms in total. The van der Waals surface area contributed by atoms with Gasteiger partial charge in [0.2, 0.25) is 11.8 Å². The monoisotopic (exact) mass is 303 g/mol. The number of amides is 3. The molecule has 0 aromatic heterocycles. The van der Waals surface area contributed by atoms with Crippen LogP contribution in [-0.4, -0.2) is 30.9 Å². The van der Waals surface area contributed by atoms with Crippen LogP contribution in [0.15, 0.2) is 18.2 Å². The highest BCUT2D eigenvalue weighted by Crippen LogP contribution is 2.37. The van der Waals surface area contributed by atoms with Gasteiger partial charge in [-0.05, 0) is 18.6 Å². The van der Waals surface area contributed by atoms with Crippen molar-refractivity contribution in [1.82, 2.24) is 5.32 Å². The van der Waals surface area contributed by atoms with E-state index >= 15 is 0 Å². The van der Waals surface area contributed by atoms with E-state index in [1.54, 1.807) is 25.1 Å². The number of hydrogen-bond donors (Lipinski definition) is 3. The molecule has 3 N–H and O–H groups in total. The van der Waals surface area contributed by atoms with E-state index in [0.29, 0.717) is 30.1 Å². The van der Waals surface area contributed by atoms with Gasteiger partial charge in [-0.25, -0.2) is 0 Å². The van der Waals surface area contributed by atoms with Gasteiger partial charge >= 0.3 is 0 Å². The summed E-state index contributed by atoms with van der Waals surface area (Å²) in [6.07, 6.45) is 0.721. The molecule has 1 saturated heterocycles. The average molecular weight is 303 g/mol. The van der Waals surface area contributed by atoms with Gasteiger partial charge in [0, 0.05) is 13.0 Å². The van der Waals surface area contributed by atoms with Crippen molar-refractivity contribution in [3.63, 3.8) is 0 Å². The molecular formula is C15H17N3O4. The molecular weight excluding hydrogens is 286 g/mol. The molecule has 3 rings (SSSR count). The Balaban J connectivity index is 1.83. The summed E-state index contributed by atoms with van der Waals surface area (Å²) in [5, 5.41) is 8.22. The Morgan fingerprint density at radius 2 is 2.14 bits per heavy atom. The first kappa shape index (κ1) is 14.4. The van der Waals surface area contributed by atoms with E-state index < -0.39 is 5.41 Å². The van der Waals surface area contributed by atoms with Gasteiger partial charge in [0.15, 0.2) is 6.61 Å². The topological polar surface area (TPSA) is 96.5 Å². The molecule has 7 heteroatoms. The highest BCUT2D eigenvalue weighted by atomic mass is 16.5. The maximum atomic E-state index is 12.6.